The van der Waals surface area contributed by atoms with Crippen molar-refractivity contribution in [3.63, 3.8) is 0 Å². The number of alkyl carbamates (subject to hydrolysis) is 2. The molecule has 61 heavy (non-hydrogen) atoms. The third kappa shape index (κ3) is 7.45. The summed E-state index contributed by atoms with van der Waals surface area (Å²) in [6, 6.07) is 13.2. The van der Waals surface area contributed by atoms with E-state index in [2.05, 4.69) is 30.3 Å². The Hall–Kier alpha value is -6.32. The standard InChI is InChI=1S/C45H50F2N8O6/c1-8-54(40(56)24(4)49-42(58)60-6)25(5)38-50-33-14-11-27(19-34(33)51-38)26-9-12-29-30-13-10-28(18-32(30)45(46,47)31(29)17-26)35-21-48-39(52-35)36-20-44(15-16-44)22-55(36)41(57)37(23(2)3)53-43(59)61-7/h9-14,17-19,21,23-25,36-37H,8,15-16,20,22H2,1-7H3,(H,48,52)(H,49,58)(H,50,51)(H,53,59)/t24-,25-,36-,37-/m0/s1. The molecule has 2 fully saturated rings. The van der Waals surface area contributed by atoms with Crippen LogP contribution in [0.5, 0.6) is 0 Å². The number of likely N-dealkylation sites (tertiary alicyclic amines) is 1. The van der Waals surface area contributed by atoms with Gasteiger partial charge in [0.05, 0.1) is 49.2 Å². The number of imidazole rings is 2. The summed E-state index contributed by atoms with van der Waals surface area (Å²) in [4.78, 5) is 70.4. The Labute approximate surface area is 351 Å². The Balaban J connectivity index is 1.02. The minimum absolute atomic E-state index is 0.00957. The van der Waals surface area contributed by atoms with Gasteiger partial charge in [-0.25, -0.2) is 19.6 Å². The molecule has 320 valence electrons. The molecule has 0 unspecified atom stereocenters. The third-order valence-electron chi connectivity index (χ3n) is 12.6. The normalized spacial score (nSPS) is 18.3. The number of aromatic nitrogens is 4. The molecule has 0 bridgehead atoms. The number of likely N-dealkylation sites (N-methyl/N-ethyl adjacent to an activating group) is 1. The number of amides is 4. The Bertz CT molecular complexity index is 2550. The van der Waals surface area contributed by atoms with Crippen LogP contribution in [0.15, 0.2) is 60.8 Å². The first-order chi connectivity index (χ1) is 29.1. The molecular formula is C45H50F2N8O6. The van der Waals surface area contributed by atoms with E-state index in [0.29, 0.717) is 69.3 Å². The smallest absolute Gasteiger partial charge is 0.407 e. The van der Waals surface area contributed by atoms with Gasteiger partial charge in [0.15, 0.2) is 0 Å². The summed E-state index contributed by atoms with van der Waals surface area (Å²) < 4.78 is 42.5. The Morgan fingerprint density at radius 2 is 1.51 bits per heavy atom. The van der Waals surface area contributed by atoms with Crippen molar-refractivity contribution >= 4 is 35.0 Å². The molecule has 16 heteroatoms. The summed E-state index contributed by atoms with van der Waals surface area (Å²) in [6.07, 6.45) is 2.96. The van der Waals surface area contributed by atoms with Crippen LogP contribution in [0.25, 0.3) is 44.5 Å². The summed E-state index contributed by atoms with van der Waals surface area (Å²) in [5.74, 6) is -2.87. The molecule has 3 aromatic carbocycles. The lowest BCUT2D eigenvalue weighted by Crippen LogP contribution is -2.51. The molecule has 5 aromatic rings. The number of rotatable bonds is 11. The summed E-state index contributed by atoms with van der Waals surface area (Å²) in [7, 11) is 2.49. The number of fused-ring (bicyclic) bond motifs is 4. The number of carbonyl (C=O) groups excluding carboxylic acids is 4. The largest absolute Gasteiger partial charge is 0.453 e. The summed E-state index contributed by atoms with van der Waals surface area (Å²) in [5, 5.41) is 5.20. The quantitative estimate of drug-likeness (QED) is 0.104. The maximum Gasteiger partial charge on any atom is 0.407 e. The molecule has 3 heterocycles. The van der Waals surface area contributed by atoms with E-state index in [0.717, 1.165) is 19.3 Å². The highest BCUT2D eigenvalue weighted by Gasteiger charge is 2.55. The third-order valence-corrected chi connectivity index (χ3v) is 12.6. The van der Waals surface area contributed by atoms with E-state index in [1.165, 1.54) is 26.4 Å². The number of aromatic amines is 2. The van der Waals surface area contributed by atoms with Crippen LogP contribution >= 0.6 is 0 Å². The molecule has 1 saturated carbocycles. The molecule has 14 nitrogen and oxygen atoms in total. The number of hydrogen-bond donors (Lipinski definition) is 4. The number of carbonyl (C=O) groups is 4. The van der Waals surface area contributed by atoms with Gasteiger partial charge in [-0.15, -0.1) is 0 Å². The number of hydrogen-bond acceptors (Lipinski definition) is 8. The zero-order valence-corrected chi connectivity index (χ0v) is 35.2. The predicted octanol–water partition coefficient (Wildman–Crippen LogP) is 7.83. The molecule has 1 spiro atoms. The van der Waals surface area contributed by atoms with Crippen molar-refractivity contribution in [2.75, 3.05) is 27.3 Å². The van der Waals surface area contributed by atoms with E-state index in [-0.39, 0.29) is 40.3 Å². The van der Waals surface area contributed by atoms with E-state index in [1.807, 2.05) is 52.0 Å². The Morgan fingerprint density at radius 3 is 2.15 bits per heavy atom. The summed E-state index contributed by atoms with van der Waals surface area (Å²) >= 11 is 0. The van der Waals surface area contributed by atoms with Crippen molar-refractivity contribution in [2.24, 2.45) is 11.3 Å². The molecule has 2 aromatic heterocycles. The molecule has 4 atom stereocenters. The number of methoxy groups -OCH3 is 2. The van der Waals surface area contributed by atoms with Crippen LogP contribution in [0.2, 0.25) is 0 Å². The average Bonchev–Trinajstić information content (AvgIpc) is 3.58. The number of alkyl halides is 2. The average molecular weight is 837 g/mol. The van der Waals surface area contributed by atoms with Gasteiger partial charge >= 0.3 is 12.2 Å². The first-order valence-corrected chi connectivity index (χ1v) is 20.6. The fourth-order valence-electron chi connectivity index (χ4n) is 8.89. The number of ether oxygens (including phenoxy) is 2. The zero-order valence-electron chi connectivity index (χ0n) is 35.2. The number of H-pyrrole nitrogens is 2. The van der Waals surface area contributed by atoms with E-state index in [4.69, 9.17) is 9.72 Å². The van der Waals surface area contributed by atoms with Gasteiger partial charge in [-0.3, -0.25) is 9.59 Å². The Morgan fingerprint density at radius 1 is 0.885 bits per heavy atom. The van der Waals surface area contributed by atoms with E-state index in [1.54, 1.807) is 41.1 Å². The van der Waals surface area contributed by atoms with Crippen LogP contribution < -0.4 is 10.6 Å². The van der Waals surface area contributed by atoms with E-state index < -0.39 is 36.2 Å². The second kappa shape index (κ2) is 15.6. The highest BCUT2D eigenvalue weighted by Crippen LogP contribution is 2.58. The van der Waals surface area contributed by atoms with Crippen LogP contribution in [0.1, 0.15) is 88.7 Å². The zero-order chi connectivity index (χ0) is 43.5. The molecule has 1 aliphatic heterocycles. The van der Waals surface area contributed by atoms with Crippen molar-refractivity contribution in [1.82, 2.24) is 40.4 Å². The van der Waals surface area contributed by atoms with Gasteiger partial charge in [0.1, 0.15) is 23.7 Å². The summed E-state index contributed by atoms with van der Waals surface area (Å²) in [6.45, 7) is 9.92. The minimum Gasteiger partial charge on any atom is -0.453 e. The maximum absolute atomic E-state index is 16.5. The van der Waals surface area contributed by atoms with E-state index >= 15 is 8.78 Å². The number of nitrogens with one attached hydrogen (secondary N) is 4. The van der Waals surface area contributed by atoms with E-state index in [9.17, 15) is 19.2 Å². The lowest BCUT2D eigenvalue weighted by molar-refractivity contribution is -0.136. The first kappa shape index (κ1) is 41.4. The van der Waals surface area contributed by atoms with Gasteiger partial charge in [0, 0.05) is 29.8 Å². The van der Waals surface area contributed by atoms with Crippen molar-refractivity contribution in [3.8, 4) is 33.5 Å². The Kier molecular flexibility index (Phi) is 10.6. The molecular weight excluding hydrogens is 787 g/mol. The van der Waals surface area contributed by atoms with Crippen LogP contribution in [0.3, 0.4) is 0 Å². The van der Waals surface area contributed by atoms with Crippen LogP contribution in [0, 0.1) is 11.3 Å². The van der Waals surface area contributed by atoms with Crippen molar-refractivity contribution < 1.29 is 37.4 Å². The monoisotopic (exact) mass is 836 g/mol. The van der Waals surface area contributed by atoms with Crippen molar-refractivity contribution in [1.29, 1.82) is 0 Å². The lowest BCUT2D eigenvalue weighted by atomic mass is 9.98. The summed E-state index contributed by atoms with van der Waals surface area (Å²) in [5.41, 5.74) is 4.46. The lowest BCUT2D eigenvalue weighted by Gasteiger charge is -2.30. The molecule has 3 aliphatic rings. The molecule has 4 N–H and O–H groups in total. The molecule has 1 saturated heterocycles. The van der Waals surface area contributed by atoms with Crippen molar-refractivity contribution in [2.45, 2.75) is 84.0 Å². The highest BCUT2D eigenvalue weighted by molar-refractivity contribution is 5.89. The molecule has 0 radical (unpaired) electrons. The minimum atomic E-state index is -3.29. The fraction of sp³-hybridized carbons (Fsp3) is 0.422. The molecule has 2 aliphatic carbocycles. The SMILES string of the molecule is CCN(C(=O)[C@H](C)NC(=O)OC)[C@@H](C)c1nc2ccc(-c3ccc4c(c3)C(F)(F)c3cc(-c5cnc([C@@H]6CC7(CC7)CN6C(=O)[C@@H](NC(=O)OC)C(C)C)[nH]5)ccc3-4)cc2[nH]1. The molecule has 8 rings (SSSR count). The molecule has 4 amide bonds. The second-order valence-corrected chi connectivity index (χ2v) is 16.8. The van der Waals surface area contributed by atoms with Gasteiger partial charge < -0.3 is 39.9 Å². The predicted molar refractivity (Wildman–Crippen MR) is 223 cm³/mol. The van der Waals surface area contributed by atoms with Gasteiger partial charge in [-0.2, -0.15) is 8.78 Å². The van der Waals surface area contributed by atoms with Gasteiger partial charge in [0.25, 0.3) is 5.92 Å². The number of benzene rings is 3. The first-order valence-electron chi connectivity index (χ1n) is 20.6. The van der Waals surface area contributed by atoms with Gasteiger partial charge in [-0.1, -0.05) is 44.2 Å². The number of nitrogens with zero attached hydrogens (tertiary/aromatic N) is 4. The maximum atomic E-state index is 16.5. The van der Waals surface area contributed by atoms with Crippen LogP contribution in [-0.2, 0) is 25.0 Å². The van der Waals surface area contributed by atoms with Crippen molar-refractivity contribution in [3.05, 3.63) is 83.6 Å². The van der Waals surface area contributed by atoms with Crippen LogP contribution in [-0.4, -0.2) is 93.1 Å². The number of halogens is 2. The second-order valence-electron chi connectivity index (χ2n) is 16.8. The fourth-order valence-corrected chi connectivity index (χ4v) is 8.89. The highest BCUT2D eigenvalue weighted by atomic mass is 19.3. The topological polar surface area (TPSA) is 175 Å². The van der Waals surface area contributed by atoms with Gasteiger partial charge in [-0.05, 0) is 97.9 Å². The van der Waals surface area contributed by atoms with Gasteiger partial charge in [0.2, 0.25) is 11.8 Å². The van der Waals surface area contributed by atoms with Crippen LogP contribution in [0.4, 0.5) is 18.4 Å².